The second-order valence-corrected chi connectivity index (χ2v) is 9.28. The summed E-state index contributed by atoms with van der Waals surface area (Å²) in [5.74, 6) is -1.05. The molecule has 0 saturated carbocycles. The van der Waals surface area contributed by atoms with E-state index in [2.05, 4.69) is 10.3 Å². The Morgan fingerprint density at radius 3 is 2.64 bits per heavy atom. The van der Waals surface area contributed by atoms with Gasteiger partial charge in [0.2, 0.25) is 0 Å². The number of alkyl carbamates (subject to hydrolysis) is 1. The van der Waals surface area contributed by atoms with Gasteiger partial charge in [-0.25, -0.2) is 17.6 Å². The Kier molecular flexibility index (Phi) is 5.08. The van der Waals surface area contributed by atoms with Crippen LogP contribution in [0.3, 0.4) is 0 Å². The maximum Gasteiger partial charge on any atom is 0.413 e. The maximum absolute atomic E-state index is 14.1. The molecule has 1 aromatic rings. The molecule has 25 heavy (non-hydrogen) atoms. The van der Waals surface area contributed by atoms with Crippen molar-refractivity contribution in [2.24, 2.45) is 4.99 Å². The first-order chi connectivity index (χ1) is 11.4. The molecule has 2 unspecified atom stereocenters. The van der Waals surface area contributed by atoms with Crippen LogP contribution < -0.4 is 11.1 Å². The number of amidine groups is 1. The lowest BCUT2D eigenvalue weighted by molar-refractivity contribution is 0.0562. The van der Waals surface area contributed by atoms with E-state index < -0.39 is 38.6 Å². The average Bonchev–Trinajstić information content (AvgIpc) is 2.44. The molecule has 2 rings (SSSR count). The number of nitrogen functional groups attached to an aromatic ring is 1. The third kappa shape index (κ3) is 4.68. The first kappa shape index (κ1) is 19.2. The number of halogens is 1. The Morgan fingerprint density at radius 1 is 1.40 bits per heavy atom. The van der Waals surface area contributed by atoms with Crippen molar-refractivity contribution in [2.75, 3.05) is 11.5 Å². The minimum Gasteiger partial charge on any atom is -0.444 e. The van der Waals surface area contributed by atoms with Gasteiger partial charge in [-0.2, -0.15) is 0 Å². The Morgan fingerprint density at radius 2 is 2.04 bits per heavy atom. The molecule has 0 aromatic heterocycles. The van der Waals surface area contributed by atoms with Crippen molar-refractivity contribution in [1.29, 1.82) is 0 Å². The minimum atomic E-state index is -3.64. The van der Waals surface area contributed by atoms with Crippen LogP contribution in [0.15, 0.2) is 23.2 Å². The second kappa shape index (κ2) is 6.62. The molecular weight excluding hydrogens is 349 g/mol. The van der Waals surface area contributed by atoms with Gasteiger partial charge in [0.1, 0.15) is 22.5 Å². The van der Waals surface area contributed by atoms with E-state index in [1.807, 2.05) is 0 Å². The smallest absolute Gasteiger partial charge is 0.413 e. The molecule has 1 aliphatic heterocycles. The first-order valence-electron chi connectivity index (χ1n) is 7.73. The fourth-order valence-electron chi connectivity index (χ4n) is 2.36. The van der Waals surface area contributed by atoms with Gasteiger partial charge >= 0.3 is 6.09 Å². The van der Waals surface area contributed by atoms with Gasteiger partial charge in [0.05, 0.1) is 11.8 Å². The summed E-state index contributed by atoms with van der Waals surface area (Å²) in [6, 6.07) is 2.89. The van der Waals surface area contributed by atoms with E-state index in [-0.39, 0.29) is 17.2 Å². The maximum atomic E-state index is 14.1. The van der Waals surface area contributed by atoms with Crippen molar-refractivity contribution < 1.29 is 22.3 Å². The average molecular weight is 371 g/mol. The Labute approximate surface area is 146 Å². The number of anilines is 1. The van der Waals surface area contributed by atoms with Crippen LogP contribution in [-0.2, 0) is 14.6 Å². The summed E-state index contributed by atoms with van der Waals surface area (Å²) >= 11 is 0. The van der Waals surface area contributed by atoms with Crippen LogP contribution in [0.25, 0.3) is 0 Å². The summed E-state index contributed by atoms with van der Waals surface area (Å²) in [4.78, 5) is 16.2. The van der Waals surface area contributed by atoms with Gasteiger partial charge < -0.3 is 10.5 Å². The number of ether oxygens (including phenoxy) is 1. The van der Waals surface area contributed by atoms with Crippen LogP contribution in [-0.4, -0.2) is 37.0 Å². The van der Waals surface area contributed by atoms with Gasteiger partial charge in [-0.1, -0.05) is 0 Å². The number of amides is 1. The van der Waals surface area contributed by atoms with E-state index in [4.69, 9.17) is 10.5 Å². The molecule has 0 radical (unpaired) electrons. The normalized spacial score (nSPS) is 22.8. The van der Waals surface area contributed by atoms with Crippen LogP contribution >= 0.6 is 0 Å². The van der Waals surface area contributed by atoms with Crippen LogP contribution in [0.2, 0.25) is 0 Å². The van der Waals surface area contributed by atoms with Crippen molar-refractivity contribution in [3.05, 3.63) is 29.6 Å². The number of carbonyl (C=O) groups is 1. The third-order valence-corrected chi connectivity index (χ3v) is 5.70. The summed E-state index contributed by atoms with van der Waals surface area (Å²) in [6.45, 7) is 6.46. The van der Waals surface area contributed by atoms with Gasteiger partial charge in [0.15, 0.2) is 9.84 Å². The van der Waals surface area contributed by atoms with Crippen molar-refractivity contribution >= 4 is 27.5 Å². The predicted octanol–water partition coefficient (Wildman–Crippen LogP) is 2.19. The van der Waals surface area contributed by atoms with Crippen molar-refractivity contribution in [3.63, 3.8) is 0 Å². The number of hydrogen-bond acceptors (Lipinski definition) is 6. The van der Waals surface area contributed by atoms with Crippen LogP contribution in [0, 0.1) is 5.82 Å². The second-order valence-electron chi connectivity index (χ2n) is 6.91. The number of sulfone groups is 1. The van der Waals surface area contributed by atoms with E-state index in [1.54, 1.807) is 20.8 Å². The Balaban J connectivity index is 2.38. The molecule has 1 heterocycles. The number of nitrogens with zero attached hydrogens (tertiary/aromatic N) is 1. The zero-order valence-corrected chi connectivity index (χ0v) is 15.4. The third-order valence-electron chi connectivity index (χ3n) is 3.62. The summed E-state index contributed by atoms with van der Waals surface area (Å²) in [6.07, 6.45) is -0.818. The summed E-state index contributed by atoms with van der Waals surface area (Å²) < 4.78 is 44.0. The first-order valence-corrected chi connectivity index (χ1v) is 9.45. The lowest BCUT2D eigenvalue weighted by Crippen LogP contribution is -2.47. The fourth-order valence-corrected chi connectivity index (χ4v) is 3.81. The number of nitrogens with one attached hydrogen (secondary N) is 1. The lowest BCUT2D eigenvalue weighted by atomic mass is 10.1. The number of hydrogen-bond donors (Lipinski definition) is 2. The van der Waals surface area contributed by atoms with E-state index in [0.717, 1.165) is 6.07 Å². The van der Waals surface area contributed by atoms with Gasteiger partial charge in [-0.3, -0.25) is 10.3 Å². The molecule has 2 atom stereocenters. The van der Waals surface area contributed by atoms with Crippen LogP contribution in [0.5, 0.6) is 0 Å². The van der Waals surface area contributed by atoms with E-state index in [0.29, 0.717) is 5.69 Å². The zero-order valence-electron chi connectivity index (χ0n) is 14.5. The molecule has 0 spiro atoms. The molecule has 1 amide bonds. The number of aliphatic imine (C=N–C) groups is 1. The largest absolute Gasteiger partial charge is 0.444 e. The molecule has 0 fully saturated rings. The van der Waals surface area contributed by atoms with Crippen molar-refractivity contribution in [2.45, 2.75) is 44.6 Å². The number of benzene rings is 1. The van der Waals surface area contributed by atoms with Crippen molar-refractivity contribution in [1.82, 2.24) is 5.32 Å². The molecule has 9 heteroatoms. The SMILES string of the molecule is CC1C(NC(=O)OC(C)(C)C)=NC(c2cc(N)ccc2F)CS1(=O)=O. The monoisotopic (exact) mass is 371 g/mol. The number of rotatable bonds is 1. The highest BCUT2D eigenvalue weighted by atomic mass is 32.2. The highest BCUT2D eigenvalue weighted by Gasteiger charge is 2.37. The molecule has 1 aliphatic rings. The molecule has 0 bridgehead atoms. The highest BCUT2D eigenvalue weighted by molar-refractivity contribution is 7.92. The Bertz CT molecular complexity index is 815. The quantitative estimate of drug-likeness (QED) is 0.735. The molecule has 0 saturated heterocycles. The fraction of sp³-hybridized carbons (Fsp3) is 0.500. The van der Waals surface area contributed by atoms with E-state index in [9.17, 15) is 17.6 Å². The lowest BCUT2D eigenvalue weighted by Gasteiger charge is -2.27. The molecule has 138 valence electrons. The van der Waals surface area contributed by atoms with Gasteiger partial charge in [-0.15, -0.1) is 0 Å². The molecule has 0 aliphatic carbocycles. The standard InChI is InChI=1S/C16H22FN3O4S/c1-9-14(20-15(21)24-16(2,3)4)19-13(8-25(9,22)23)11-7-10(18)5-6-12(11)17/h5-7,9,13H,8,18H2,1-4H3,(H,19,20,21). The van der Waals surface area contributed by atoms with Crippen molar-refractivity contribution in [3.8, 4) is 0 Å². The summed E-state index contributed by atoms with van der Waals surface area (Å²) in [5, 5.41) is 1.34. The zero-order chi connectivity index (χ0) is 19.0. The van der Waals surface area contributed by atoms with Crippen LogP contribution in [0.1, 0.15) is 39.3 Å². The summed E-state index contributed by atoms with van der Waals surface area (Å²) in [5.41, 5.74) is 5.27. The van der Waals surface area contributed by atoms with Gasteiger partial charge in [0, 0.05) is 11.3 Å². The van der Waals surface area contributed by atoms with Gasteiger partial charge in [0.25, 0.3) is 0 Å². The predicted molar refractivity (Wildman–Crippen MR) is 93.6 cm³/mol. The molecule has 3 N–H and O–H groups in total. The van der Waals surface area contributed by atoms with Crippen LogP contribution in [0.4, 0.5) is 14.9 Å². The molecular formula is C16H22FN3O4S. The number of carbonyl (C=O) groups excluding carboxylic acids is 1. The highest BCUT2D eigenvalue weighted by Crippen LogP contribution is 2.29. The minimum absolute atomic E-state index is 0.0685. The Hall–Kier alpha value is -2.16. The van der Waals surface area contributed by atoms with E-state index >= 15 is 0 Å². The summed E-state index contributed by atoms with van der Waals surface area (Å²) in [7, 11) is -3.64. The number of nitrogens with two attached hydrogens (primary N) is 1. The molecule has 7 nitrogen and oxygen atoms in total. The van der Waals surface area contributed by atoms with E-state index in [1.165, 1.54) is 19.1 Å². The topological polar surface area (TPSA) is 111 Å². The molecule has 1 aromatic carbocycles. The van der Waals surface area contributed by atoms with Gasteiger partial charge in [-0.05, 0) is 45.9 Å².